The van der Waals surface area contributed by atoms with Gasteiger partial charge in [-0.05, 0) is 37.5 Å². The van der Waals surface area contributed by atoms with E-state index in [9.17, 15) is 18.0 Å². The van der Waals surface area contributed by atoms with Gasteiger partial charge < -0.3 is 11.1 Å². The molecule has 19 heavy (non-hydrogen) atoms. The van der Waals surface area contributed by atoms with Crippen LogP contribution in [0.3, 0.4) is 0 Å². The summed E-state index contributed by atoms with van der Waals surface area (Å²) in [6, 6.07) is 4.92. The van der Waals surface area contributed by atoms with Crippen molar-refractivity contribution >= 4 is 11.6 Å². The second kappa shape index (κ2) is 6.45. The Morgan fingerprint density at radius 2 is 2.00 bits per heavy atom. The van der Waals surface area contributed by atoms with E-state index in [1.54, 1.807) is 18.2 Å². The van der Waals surface area contributed by atoms with Crippen molar-refractivity contribution in [2.45, 2.75) is 32.4 Å². The fraction of sp³-hybridized carbons (Fsp3) is 0.462. The van der Waals surface area contributed by atoms with Gasteiger partial charge in [0.25, 0.3) is 5.91 Å². The first-order chi connectivity index (χ1) is 8.79. The number of anilines is 1. The smallest absolute Gasteiger partial charge is 0.389 e. The molecule has 1 amide bonds. The molecule has 0 saturated carbocycles. The fourth-order valence-corrected chi connectivity index (χ4v) is 1.54. The predicted octanol–water partition coefficient (Wildman–Crippen LogP) is 3.04. The van der Waals surface area contributed by atoms with Crippen molar-refractivity contribution in [3.8, 4) is 0 Å². The summed E-state index contributed by atoms with van der Waals surface area (Å²) in [7, 11) is 0. The molecule has 0 spiro atoms. The van der Waals surface area contributed by atoms with Crippen LogP contribution < -0.4 is 11.1 Å². The number of aryl methyl sites for hydroxylation is 1. The topological polar surface area (TPSA) is 55.1 Å². The van der Waals surface area contributed by atoms with Gasteiger partial charge in [-0.15, -0.1) is 0 Å². The lowest BCUT2D eigenvalue weighted by molar-refractivity contribution is -0.135. The molecule has 0 saturated heterocycles. The van der Waals surface area contributed by atoms with Crippen LogP contribution in [-0.2, 0) is 0 Å². The number of nitrogens with two attached hydrogens (primary N) is 1. The predicted molar refractivity (Wildman–Crippen MR) is 67.8 cm³/mol. The lowest BCUT2D eigenvalue weighted by atomic mass is 10.1. The maximum Gasteiger partial charge on any atom is 0.389 e. The Morgan fingerprint density at radius 1 is 1.32 bits per heavy atom. The van der Waals surface area contributed by atoms with Crippen LogP contribution in [0, 0.1) is 6.92 Å². The second-order valence-electron chi connectivity index (χ2n) is 4.40. The zero-order valence-corrected chi connectivity index (χ0v) is 10.7. The van der Waals surface area contributed by atoms with Gasteiger partial charge in [0.1, 0.15) is 0 Å². The molecular weight excluding hydrogens is 257 g/mol. The lowest BCUT2D eigenvalue weighted by Gasteiger charge is -2.08. The number of nitrogens with one attached hydrogen (secondary N) is 1. The van der Waals surface area contributed by atoms with E-state index in [1.807, 2.05) is 6.92 Å². The average molecular weight is 274 g/mol. The Bertz CT molecular complexity index is 444. The van der Waals surface area contributed by atoms with Crippen LogP contribution in [0.2, 0.25) is 0 Å². The van der Waals surface area contributed by atoms with Crippen LogP contribution >= 0.6 is 0 Å². The summed E-state index contributed by atoms with van der Waals surface area (Å²) in [5.74, 6) is -0.321. The number of carbonyl (C=O) groups excluding carboxylic acids is 1. The van der Waals surface area contributed by atoms with Gasteiger partial charge in [0.05, 0.1) is 0 Å². The van der Waals surface area contributed by atoms with Gasteiger partial charge in [0, 0.05) is 24.2 Å². The molecule has 0 aliphatic heterocycles. The Kier molecular flexibility index (Phi) is 5.20. The van der Waals surface area contributed by atoms with E-state index in [0.717, 1.165) is 5.56 Å². The molecule has 0 heterocycles. The summed E-state index contributed by atoms with van der Waals surface area (Å²) < 4.78 is 35.7. The Balaban J connectivity index is 2.33. The highest BCUT2D eigenvalue weighted by Gasteiger charge is 2.25. The number of carbonyl (C=O) groups is 1. The number of unbranched alkanes of at least 4 members (excludes halogenated alkanes) is 1. The minimum atomic E-state index is -4.13. The van der Waals surface area contributed by atoms with Crippen molar-refractivity contribution in [1.29, 1.82) is 0 Å². The van der Waals surface area contributed by atoms with Crippen molar-refractivity contribution in [2.75, 3.05) is 12.3 Å². The number of alkyl halides is 3. The summed E-state index contributed by atoms with van der Waals surface area (Å²) in [4.78, 5) is 11.7. The minimum Gasteiger partial charge on any atom is -0.398 e. The van der Waals surface area contributed by atoms with Crippen LogP contribution in [0.1, 0.15) is 35.2 Å². The van der Waals surface area contributed by atoms with Gasteiger partial charge in [-0.3, -0.25) is 4.79 Å². The second-order valence-corrected chi connectivity index (χ2v) is 4.40. The molecule has 3 N–H and O–H groups in total. The van der Waals surface area contributed by atoms with Crippen molar-refractivity contribution in [3.05, 3.63) is 29.3 Å². The molecule has 0 aliphatic rings. The molecule has 0 aromatic heterocycles. The molecule has 0 fully saturated rings. The highest BCUT2D eigenvalue weighted by Crippen LogP contribution is 2.21. The third-order valence-corrected chi connectivity index (χ3v) is 2.71. The molecule has 1 aromatic rings. The molecule has 0 unspecified atom stereocenters. The number of rotatable bonds is 5. The molecule has 0 atom stereocenters. The molecule has 0 aliphatic carbocycles. The molecule has 3 nitrogen and oxygen atoms in total. The Labute approximate surface area is 110 Å². The third-order valence-electron chi connectivity index (χ3n) is 2.71. The van der Waals surface area contributed by atoms with Gasteiger partial charge in [0.15, 0.2) is 0 Å². The minimum absolute atomic E-state index is 0.0137. The highest BCUT2D eigenvalue weighted by molar-refractivity contribution is 5.95. The lowest BCUT2D eigenvalue weighted by Crippen LogP contribution is -2.24. The summed E-state index contributed by atoms with van der Waals surface area (Å²) in [6.07, 6.45) is -4.64. The summed E-state index contributed by atoms with van der Waals surface area (Å²) in [6.45, 7) is 2.05. The van der Waals surface area contributed by atoms with Gasteiger partial charge in [-0.25, -0.2) is 0 Å². The van der Waals surface area contributed by atoms with Gasteiger partial charge in [-0.2, -0.15) is 13.2 Å². The molecule has 0 radical (unpaired) electrons. The summed E-state index contributed by atoms with van der Waals surface area (Å²) in [5, 5.41) is 2.57. The normalized spacial score (nSPS) is 11.4. The zero-order valence-electron chi connectivity index (χ0n) is 10.7. The first kappa shape index (κ1) is 15.3. The quantitative estimate of drug-likeness (QED) is 0.640. The molecule has 6 heteroatoms. The molecule has 106 valence electrons. The summed E-state index contributed by atoms with van der Waals surface area (Å²) >= 11 is 0. The van der Waals surface area contributed by atoms with Crippen molar-refractivity contribution < 1.29 is 18.0 Å². The van der Waals surface area contributed by atoms with Gasteiger partial charge in [0.2, 0.25) is 0 Å². The largest absolute Gasteiger partial charge is 0.398 e. The van der Waals surface area contributed by atoms with E-state index >= 15 is 0 Å². The summed E-state index contributed by atoms with van der Waals surface area (Å²) in [5.41, 5.74) is 7.49. The van der Waals surface area contributed by atoms with Crippen LogP contribution in [0.4, 0.5) is 18.9 Å². The molecule has 0 bridgehead atoms. The van der Waals surface area contributed by atoms with E-state index in [4.69, 9.17) is 5.73 Å². The first-order valence-corrected chi connectivity index (χ1v) is 6.00. The number of halogens is 3. The maximum absolute atomic E-state index is 11.9. The first-order valence-electron chi connectivity index (χ1n) is 6.00. The van der Waals surface area contributed by atoms with Crippen LogP contribution in [0.25, 0.3) is 0 Å². The zero-order chi connectivity index (χ0) is 14.5. The number of hydrogen-bond acceptors (Lipinski definition) is 2. The number of hydrogen-bond donors (Lipinski definition) is 2. The Morgan fingerprint density at radius 3 is 2.58 bits per heavy atom. The van der Waals surface area contributed by atoms with E-state index in [2.05, 4.69) is 5.32 Å². The molecular formula is C13H17F3N2O. The van der Waals surface area contributed by atoms with E-state index in [1.165, 1.54) is 0 Å². The monoisotopic (exact) mass is 274 g/mol. The van der Waals surface area contributed by atoms with Crippen molar-refractivity contribution in [3.63, 3.8) is 0 Å². The van der Waals surface area contributed by atoms with Crippen molar-refractivity contribution in [2.24, 2.45) is 0 Å². The van der Waals surface area contributed by atoms with E-state index in [0.29, 0.717) is 17.7 Å². The van der Waals surface area contributed by atoms with Crippen molar-refractivity contribution in [1.82, 2.24) is 5.32 Å². The average Bonchev–Trinajstić information content (AvgIpc) is 2.30. The SMILES string of the molecule is Cc1ccc(C(=O)NCCCCC(F)(F)F)cc1N. The molecule has 1 rings (SSSR count). The van der Waals surface area contributed by atoms with Crippen LogP contribution in [0.5, 0.6) is 0 Å². The van der Waals surface area contributed by atoms with Crippen LogP contribution in [0.15, 0.2) is 18.2 Å². The van der Waals surface area contributed by atoms with E-state index < -0.39 is 12.6 Å². The number of nitrogen functional groups attached to an aromatic ring is 1. The molecule has 1 aromatic carbocycles. The van der Waals surface area contributed by atoms with E-state index in [-0.39, 0.29) is 18.9 Å². The van der Waals surface area contributed by atoms with Gasteiger partial charge >= 0.3 is 6.18 Å². The van der Waals surface area contributed by atoms with Crippen LogP contribution in [-0.4, -0.2) is 18.6 Å². The maximum atomic E-state index is 11.9. The number of benzene rings is 1. The Hall–Kier alpha value is -1.72. The highest BCUT2D eigenvalue weighted by atomic mass is 19.4. The standard InChI is InChI=1S/C13H17F3N2O/c1-9-4-5-10(8-11(9)17)12(19)18-7-3-2-6-13(14,15)16/h4-5,8H,2-3,6-7,17H2,1H3,(H,18,19). The fourth-order valence-electron chi connectivity index (χ4n) is 1.54. The van der Waals surface area contributed by atoms with Gasteiger partial charge in [-0.1, -0.05) is 6.07 Å². The number of amides is 1. The third kappa shape index (κ3) is 5.63.